The Morgan fingerprint density at radius 3 is 2.39 bits per heavy atom. The van der Waals surface area contributed by atoms with Crippen LogP contribution >= 0.6 is 0 Å². The SMILES string of the molecule is CCC(CC)N(CCO)c1c(N)c(C)nn1CC. The van der Waals surface area contributed by atoms with Crippen molar-refractivity contribution in [2.24, 2.45) is 0 Å². The highest BCUT2D eigenvalue weighted by atomic mass is 16.3. The van der Waals surface area contributed by atoms with Gasteiger partial charge in [0, 0.05) is 19.1 Å². The lowest BCUT2D eigenvalue weighted by atomic mass is 10.1. The van der Waals surface area contributed by atoms with Crippen LogP contribution in [0, 0.1) is 6.92 Å². The summed E-state index contributed by atoms with van der Waals surface area (Å²) in [6.07, 6.45) is 2.06. The van der Waals surface area contributed by atoms with E-state index in [0.29, 0.717) is 12.6 Å². The van der Waals surface area contributed by atoms with E-state index in [9.17, 15) is 5.11 Å². The molecular weight excluding hydrogens is 228 g/mol. The van der Waals surface area contributed by atoms with Gasteiger partial charge in [0.15, 0.2) is 5.82 Å². The highest BCUT2D eigenvalue weighted by Gasteiger charge is 2.23. The van der Waals surface area contributed by atoms with Crippen LogP contribution in [0.3, 0.4) is 0 Å². The number of hydrogen-bond acceptors (Lipinski definition) is 4. The molecule has 3 N–H and O–H groups in total. The second-order valence-corrected chi connectivity index (χ2v) is 4.53. The summed E-state index contributed by atoms with van der Waals surface area (Å²) in [5.74, 6) is 0.956. The van der Waals surface area contributed by atoms with E-state index in [0.717, 1.165) is 36.6 Å². The number of nitrogen functional groups attached to an aromatic ring is 1. The molecule has 0 aliphatic carbocycles. The average Bonchev–Trinajstić information content (AvgIpc) is 2.65. The van der Waals surface area contributed by atoms with Gasteiger partial charge in [-0.05, 0) is 26.7 Å². The molecule has 0 aliphatic heterocycles. The van der Waals surface area contributed by atoms with E-state index in [-0.39, 0.29) is 6.61 Å². The predicted octanol–water partition coefficient (Wildman–Crippen LogP) is 1.78. The highest BCUT2D eigenvalue weighted by molar-refractivity contribution is 5.66. The van der Waals surface area contributed by atoms with Crippen molar-refractivity contribution in [3.05, 3.63) is 5.69 Å². The van der Waals surface area contributed by atoms with Crippen LogP contribution in [0.5, 0.6) is 0 Å². The first-order valence-corrected chi connectivity index (χ1v) is 6.80. The summed E-state index contributed by atoms with van der Waals surface area (Å²) in [7, 11) is 0. The van der Waals surface area contributed by atoms with Gasteiger partial charge in [-0.15, -0.1) is 0 Å². The third kappa shape index (κ3) is 2.77. The van der Waals surface area contributed by atoms with E-state index in [1.54, 1.807) is 0 Å². The zero-order valence-corrected chi connectivity index (χ0v) is 12.0. The van der Waals surface area contributed by atoms with Gasteiger partial charge < -0.3 is 15.7 Å². The lowest BCUT2D eigenvalue weighted by Gasteiger charge is -2.32. The molecule has 0 atom stereocenters. The molecule has 1 aromatic heterocycles. The standard InChI is InChI=1S/C13H26N4O/c1-5-11(6-2)16(8-9-18)13-12(14)10(4)15-17(13)7-3/h11,18H,5-9,14H2,1-4H3. The van der Waals surface area contributed by atoms with Crippen molar-refractivity contribution in [2.75, 3.05) is 23.8 Å². The second kappa shape index (κ2) is 6.64. The van der Waals surface area contributed by atoms with Crippen LogP contribution in [0.15, 0.2) is 0 Å². The lowest BCUT2D eigenvalue weighted by molar-refractivity contribution is 0.294. The number of nitrogens with two attached hydrogens (primary N) is 1. The Morgan fingerprint density at radius 1 is 1.33 bits per heavy atom. The Hall–Kier alpha value is -1.23. The number of aromatic nitrogens is 2. The van der Waals surface area contributed by atoms with Crippen LogP contribution in [-0.4, -0.2) is 34.1 Å². The first-order valence-electron chi connectivity index (χ1n) is 6.80. The monoisotopic (exact) mass is 254 g/mol. The molecule has 1 rings (SSSR count). The van der Waals surface area contributed by atoms with Crippen molar-refractivity contribution >= 4 is 11.5 Å². The van der Waals surface area contributed by atoms with Gasteiger partial charge in [0.2, 0.25) is 0 Å². The smallest absolute Gasteiger partial charge is 0.150 e. The third-order valence-corrected chi connectivity index (χ3v) is 3.44. The quantitative estimate of drug-likeness (QED) is 0.778. The van der Waals surface area contributed by atoms with Crippen LogP contribution in [0.2, 0.25) is 0 Å². The molecule has 0 saturated carbocycles. The summed E-state index contributed by atoms with van der Waals surface area (Å²) in [6.45, 7) is 9.82. The third-order valence-electron chi connectivity index (χ3n) is 3.44. The number of nitrogens with zero attached hydrogens (tertiary/aromatic N) is 3. The largest absolute Gasteiger partial charge is 0.395 e. The summed E-state index contributed by atoms with van der Waals surface area (Å²) in [5, 5.41) is 13.7. The number of rotatable bonds is 7. The Morgan fingerprint density at radius 2 is 1.94 bits per heavy atom. The first-order chi connectivity index (χ1) is 8.60. The Balaban J connectivity index is 3.19. The van der Waals surface area contributed by atoms with Crippen molar-refractivity contribution in [1.29, 1.82) is 0 Å². The summed E-state index contributed by atoms with van der Waals surface area (Å²) in [4.78, 5) is 2.19. The number of hydrogen-bond donors (Lipinski definition) is 2. The predicted molar refractivity (Wildman–Crippen MR) is 75.9 cm³/mol. The number of aliphatic hydroxyl groups excluding tert-OH is 1. The van der Waals surface area contributed by atoms with Crippen LogP contribution < -0.4 is 10.6 Å². The highest BCUT2D eigenvalue weighted by Crippen LogP contribution is 2.29. The summed E-state index contributed by atoms with van der Waals surface area (Å²) < 4.78 is 1.93. The lowest BCUT2D eigenvalue weighted by Crippen LogP contribution is -2.38. The second-order valence-electron chi connectivity index (χ2n) is 4.53. The molecule has 0 unspecified atom stereocenters. The topological polar surface area (TPSA) is 67.3 Å². The fourth-order valence-electron chi connectivity index (χ4n) is 2.41. The van der Waals surface area contributed by atoms with Crippen LogP contribution in [-0.2, 0) is 6.54 Å². The molecule has 0 amide bonds. The van der Waals surface area contributed by atoms with Gasteiger partial charge in [0.25, 0.3) is 0 Å². The Kier molecular flexibility index (Phi) is 5.47. The fourth-order valence-corrected chi connectivity index (χ4v) is 2.41. The molecule has 104 valence electrons. The van der Waals surface area contributed by atoms with E-state index in [2.05, 4.69) is 30.8 Å². The van der Waals surface area contributed by atoms with Crippen molar-refractivity contribution in [1.82, 2.24) is 9.78 Å². The average molecular weight is 254 g/mol. The molecule has 0 saturated heterocycles. The fraction of sp³-hybridized carbons (Fsp3) is 0.769. The van der Waals surface area contributed by atoms with E-state index in [1.165, 1.54) is 0 Å². The summed E-state index contributed by atoms with van der Waals surface area (Å²) in [6, 6.07) is 0.390. The van der Waals surface area contributed by atoms with Gasteiger partial charge in [-0.3, -0.25) is 0 Å². The zero-order chi connectivity index (χ0) is 13.7. The first kappa shape index (κ1) is 14.8. The molecule has 0 radical (unpaired) electrons. The summed E-state index contributed by atoms with van der Waals surface area (Å²) >= 11 is 0. The van der Waals surface area contributed by atoms with Crippen molar-refractivity contribution in [3.8, 4) is 0 Å². The van der Waals surface area contributed by atoms with Gasteiger partial charge in [0.05, 0.1) is 18.0 Å². The Labute approximate surface area is 110 Å². The van der Waals surface area contributed by atoms with Gasteiger partial charge in [-0.2, -0.15) is 5.10 Å². The molecule has 1 aromatic rings. The molecule has 5 nitrogen and oxygen atoms in total. The number of anilines is 2. The van der Waals surface area contributed by atoms with E-state index >= 15 is 0 Å². The van der Waals surface area contributed by atoms with Gasteiger partial charge in [0.1, 0.15) is 0 Å². The van der Waals surface area contributed by atoms with Crippen molar-refractivity contribution < 1.29 is 5.11 Å². The van der Waals surface area contributed by atoms with E-state index in [4.69, 9.17) is 5.73 Å². The minimum atomic E-state index is 0.129. The minimum Gasteiger partial charge on any atom is -0.395 e. The molecule has 0 aliphatic rings. The maximum absolute atomic E-state index is 9.29. The van der Waals surface area contributed by atoms with Gasteiger partial charge in [-0.1, -0.05) is 13.8 Å². The van der Waals surface area contributed by atoms with Crippen LogP contribution in [0.1, 0.15) is 39.3 Å². The Bertz CT molecular complexity index is 371. The van der Waals surface area contributed by atoms with Crippen molar-refractivity contribution in [3.63, 3.8) is 0 Å². The number of aryl methyl sites for hydroxylation is 2. The van der Waals surface area contributed by atoms with E-state index in [1.807, 2.05) is 11.6 Å². The van der Waals surface area contributed by atoms with Gasteiger partial charge in [-0.25, -0.2) is 4.68 Å². The molecule has 0 fully saturated rings. The molecule has 0 bridgehead atoms. The maximum atomic E-state index is 9.29. The van der Waals surface area contributed by atoms with E-state index < -0.39 is 0 Å². The molecule has 5 heteroatoms. The summed E-state index contributed by atoms with van der Waals surface area (Å²) in [5.41, 5.74) is 7.75. The van der Waals surface area contributed by atoms with Crippen LogP contribution in [0.25, 0.3) is 0 Å². The van der Waals surface area contributed by atoms with Gasteiger partial charge >= 0.3 is 0 Å². The van der Waals surface area contributed by atoms with Crippen LogP contribution in [0.4, 0.5) is 11.5 Å². The number of aliphatic hydroxyl groups is 1. The molecule has 1 heterocycles. The maximum Gasteiger partial charge on any atom is 0.150 e. The minimum absolute atomic E-state index is 0.129. The molecule has 0 spiro atoms. The molecule has 0 aromatic carbocycles. The molecule has 18 heavy (non-hydrogen) atoms. The van der Waals surface area contributed by atoms with Crippen molar-refractivity contribution in [2.45, 2.75) is 53.1 Å². The molecular formula is C13H26N4O. The zero-order valence-electron chi connectivity index (χ0n) is 12.0. The normalized spacial score (nSPS) is 11.2.